The summed E-state index contributed by atoms with van der Waals surface area (Å²) in [6.45, 7) is 0.702. The molecule has 0 bridgehead atoms. The summed E-state index contributed by atoms with van der Waals surface area (Å²) in [7, 11) is 0. The van der Waals surface area contributed by atoms with E-state index in [0.717, 1.165) is 24.3 Å². The Morgan fingerprint density at radius 1 is 0.700 bits per heavy atom. The van der Waals surface area contributed by atoms with E-state index < -0.39 is 23.8 Å². The van der Waals surface area contributed by atoms with Crippen LogP contribution < -0.4 is 10.6 Å². The van der Waals surface area contributed by atoms with Crippen molar-refractivity contribution in [2.75, 3.05) is 13.1 Å². The lowest BCUT2D eigenvalue weighted by molar-refractivity contribution is -0.132. The van der Waals surface area contributed by atoms with Gasteiger partial charge in [0.05, 0.1) is 0 Å². The van der Waals surface area contributed by atoms with Crippen LogP contribution in [0.25, 0.3) is 0 Å². The van der Waals surface area contributed by atoms with E-state index in [1.165, 1.54) is 0 Å². The van der Waals surface area contributed by atoms with Crippen LogP contribution in [0.4, 0.5) is 0 Å². The van der Waals surface area contributed by atoms with Crippen LogP contribution in [-0.4, -0.2) is 47.1 Å². The molecule has 0 fully saturated rings. The van der Waals surface area contributed by atoms with Gasteiger partial charge in [-0.1, -0.05) is 0 Å². The zero-order valence-electron chi connectivity index (χ0n) is 10.7. The van der Waals surface area contributed by atoms with Crippen molar-refractivity contribution < 1.29 is 29.4 Å². The number of carbonyl (C=O) groups is 4. The van der Waals surface area contributed by atoms with Gasteiger partial charge in [0.25, 0.3) is 0 Å². The third-order valence-corrected chi connectivity index (χ3v) is 1.96. The van der Waals surface area contributed by atoms with Crippen LogP contribution in [-0.2, 0) is 19.2 Å². The van der Waals surface area contributed by atoms with Crippen LogP contribution in [0, 0.1) is 0 Å². The summed E-state index contributed by atoms with van der Waals surface area (Å²) in [5.41, 5.74) is 0. The molecule has 0 atom stereocenters. The standard InChI is InChI=1S/C12H16N2O6/c15-9(3-5-11(17)18)13-7-1-2-8-14-10(16)4-6-12(19)20/h3-6H,1-2,7-8H2,(H,13,15)(H,14,16)(H,17,18)(H,19,20)/b5-3-,6-4-. The first kappa shape index (κ1) is 17.4. The van der Waals surface area contributed by atoms with E-state index in [-0.39, 0.29) is 0 Å². The minimum absolute atomic E-state index is 0.351. The lowest BCUT2D eigenvalue weighted by Crippen LogP contribution is -2.25. The highest BCUT2D eigenvalue weighted by Gasteiger charge is 1.98. The lowest BCUT2D eigenvalue weighted by atomic mass is 10.3. The smallest absolute Gasteiger partial charge is 0.328 e. The molecular weight excluding hydrogens is 268 g/mol. The van der Waals surface area contributed by atoms with Crippen molar-refractivity contribution in [3.05, 3.63) is 24.3 Å². The molecule has 0 aliphatic rings. The van der Waals surface area contributed by atoms with Gasteiger partial charge in [0.2, 0.25) is 11.8 Å². The second kappa shape index (κ2) is 10.3. The summed E-state index contributed by atoms with van der Waals surface area (Å²) in [6.07, 6.45) is 4.50. The number of nitrogens with one attached hydrogen (secondary N) is 2. The van der Waals surface area contributed by atoms with Crippen molar-refractivity contribution in [1.29, 1.82) is 0 Å². The van der Waals surface area contributed by atoms with Gasteiger partial charge in [0.1, 0.15) is 0 Å². The normalized spacial score (nSPS) is 10.6. The number of carboxylic acid groups (broad SMARTS) is 2. The van der Waals surface area contributed by atoms with E-state index in [9.17, 15) is 19.2 Å². The number of aliphatic carboxylic acids is 2. The van der Waals surface area contributed by atoms with Gasteiger partial charge in [-0.15, -0.1) is 0 Å². The topological polar surface area (TPSA) is 133 Å². The summed E-state index contributed by atoms with van der Waals surface area (Å²) < 4.78 is 0. The van der Waals surface area contributed by atoms with Gasteiger partial charge >= 0.3 is 11.9 Å². The van der Waals surface area contributed by atoms with Crippen LogP contribution >= 0.6 is 0 Å². The minimum atomic E-state index is -1.20. The van der Waals surface area contributed by atoms with Gasteiger partial charge < -0.3 is 20.8 Å². The van der Waals surface area contributed by atoms with Gasteiger partial charge in [0, 0.05) is 37.4 Å². The summed E-state index contributed by atoms with van der Waals surface area (Å²) in [6, 6.07) is 0. The van der Waals surface area contributed by atoms with Gasteiger partial charge in [-0.3, -0.25) is 9.59 Å². The lowest BCUT2D eigenvalue weighted by Gasteiger charge is -2.03. The summed E-state index contributed by atoms with van der Waals surface area (Å²) in [5.74, 6) is -3.39. The van der Waals surface area contributed by atoms with Crippen LogP contribution in [0.5, 0.6) is 0 Å². The average Bonchev–Trinajstić information content (AvgIpc) is 2.37. The number of hydrogen-bond acceptors (Lipinski definition) is 4. The highest BCUT2D eigenvalue weighted by atomic mass is 16.4. The van der Waals surface area contributed by atoms with Crippen LogP contribution in [0.2, 0.25) is 0 Å². The van der Waals surface area contributed by atoms with Gasteiger partial charge in [0.15, 0.2) is 0 Å². The van der Waals surface area contributed by atoms with E-state index in [2.05, 4.69) is 10.6 Å². The molecule has 0 aromatic carbocycles. The molecular formula is C12H16N2O6. The third-order valence-electron chi connectivity index (χ3n) is 1.96. The Morgan fingerprint density at radius 2 is 1.05 bits per heavy atom. The number of carbonyl (C=O) groups excluding carboxylic acids is 2. The van der Waals surface area contributed by atoms with E-state index in [1.807, 2.05) is 0 Å². The van der Waals surface area contributed by atoms with Gasteiger partial charge in [-0.05, 0) is 12.8 Å². The largest absolute Gasteiger partial charge is 0.478 e. The fourth-order valence-corrected chi connectivity index (χ4v) is 1.08. The van der Waals surface area contributed by atoms with Crippen molar-refractivity contribution >= 4 is 23.8 Å². The molecule has 2 amide bonds. The molecule has 0 saturated carbocycles. The third kappa shape index (κ3) is 11.8. The molecule has 0 spiro atoms. The summed E-state index contributed by atoms with van der Waals surface area (Å²) in [5, 5.41) is 21.5. The Balaban J connectivity index is 3.58. The second-order valence-corrected chi connectivity index (χ2v) is 3.63. The number of amides is 2. The Hall–Kier alpha value is -2.64. The van der Waals surface area contributed by atoms with Crippen LogP contribution in [0.3, 0.4) is 0 Å². The highest BCUT2D eigenvalue weighted by molar-refractivity contribution is 5.94. The fourth-order valence-electron chi connectivity index (χ4n) is 1.08. The predicted molar refractivity (Wildman–Crippen MR) is 68.8 cm³/mol. The summed E-state index contributed by atoms with van der Waals surface area (Å²) >= 11 is 0. The van der Waals surface area contributed by atoms with E-state index in [4.69, 9.17) is 10.2 Å². The maximum atomic E-state index is 11.0. The van der Waals surface area contributed by atoms with Crippen LogP contribution in [0.15, 0.2) is 24.3 Å². The number of hydrogen-bond donors (Lipinski definition) is 4. The fraction of sp³-hybridized carbons (Fsp3) is 0.333. The van der Waals surface area contributed by atoms with Crippen molar-refractivity contribution in [1.82, 2.24) is 10.6 Å². The van der Waals surface area contributed by atoms with Gasteiger partial charge in [-0.25, -0.2) is 9.59 Å². The zero-order chi connectivity index (χ0) is 15.4. The molecule has 0 aromatic heterocycles. The van der Waals surface area contributed by atoms with Gasteiger partial charge in [-0.2, -0.15) is 0 Å². The monoisotopic (exact) mass is 284 g/mol. The van der Waals surface area contributed by atoms with E-state index in [1.54, 1.807) is 0 Å². The molecule has 0 saturated heterocycles. The quantitative estimate of drug-likeness (QED) is 0.326. The predicted octanol–water partition coefficient (Wildman–Crippen LogP) is -0.719. The first-order valence-electron chi connectivity index (χ1n) is 5.79. The molecule has 0 heterocycles. The number of unbranched alkanes of at least 4 members (excludes halogenated alkanes) is 1. The van der Waals surface area contributed by atoms with Crippen molar-refractivity contribution in [3.8, 4) is 0 Å². The number of rotatable bonds is 9. The SMILES string of the molecule is O=C(O)/C=C\C(=O)NCCCCNC(=O)/C=C\C(=O)O. The highest BCUT2D eigenvalue weighted by Crippen LogP contribution is 1.86. The number of carboxylic acids is 2. The molecule has 0 rings (SSSR count). The van der Waals surface area contributed by atoms with Crippen molar-refractivity contribution in [2.24, 2.45) is 0 Å². The average molecular weight is 284 g/mol. The Bertz CT molecular complexity index is 388. The molecule has 0 unspecified atom stereocenters. The minimum Gasteiger partial charge on any atom is -0.478 e. The molecule has 0 aliphatic heterocycles. The molecule has 8 nitrogen and oxygen atoms in total. The molecule has 0 aliphatic carbocycles. The van der Waals surface area contributed by atoms with E-state index in [0.29, 0.717) is 25.9 Å². The first-order chi connectivity index (χ1) is 9.41. The Kier molecular flexibility index (Phi) is 8.94. The van der Waals surface area contributed by atoms with Crippen molar-refractivity contribution in [2.45, 2.75) is 12.8 Å². The maximum absolute atomic E-state index is 11.0. The summed E-state index contributed by atoms with van der Waals surface area (Å²) in [4.78, 5) is 42.3. The molecule has 110 valence electrons. The first-order valence-corrected chi connectivity index (χ1v) is 5.79. The molecule has 0 aromatic rings. The van der Waals surface area contributed by atoms with Crippen LogP contribution in [0.1, 0.15) is 12.8 Å². The Labute approximate surface area is 115 Å². The van der Waals surface area contributed by atoms with Crippen molar-refractivity contribution in [3.63, 3.8) is 0 Å². The van der Waals surface area contributed by atoms with E-state index >= 15 is 0 Å². The second-order valence-electron chi connectivity index (χ2n) is 3.63. The molecule has 0 radical (unpaired) electrons. The maximum Gasteiger partial charge on any atom is 0.328 e. The molecule has 20 heavy (non-hydrogen) atoms. The molecule has 8 heteroatoms. The molecule has 4 N–H and O–H groups in total. The zero-order valence-corrected chi connectivity index (χ0v) is 10.7. The Morgan fingerprint density at radius 3 is 1.35 bits per heavy atom.